The monoisotopic (exact) mass is 431 g/mol. The molecule has 0 amide bonds. The van der Waals surface area contributed by atoms with Gasteiger partial charge in [0.1, 0.15) is 5.78 Å². The Bertz CT molecular complexity index is 577. The van der Waals surface area contributed by atoms with Crippen LogP contribution in [0.2, 0.25) is 0 Å². The topological polar surface area (TPSA) is 128 Å². The molecule has 1 N–H and O–H groups in total. The summed E-state index contributed by atoms with van der Waals surface area (Å²) in [5.74, 6) is -0.537. The van der Waals surface area contributed by atoms with Crippen LogP contribution in [-0.4, -0.2) is 42.7 Å². The van der Waals surface area contributed by atoms with Gasteiger partial charge in [0.05, 0.1) is 28.1 Å². The lowest BCUT2D eigenvalue weighted by Gasteiger charge is -2.29. The summed E-state index contributed by atoms with van der Waals surface area (Å²) in [4.78, 5) is 1.79. The zero-order valence-corrected chi connectivity index (χ0v) is 17.4. The van der Waals surface area contributed by atoms with Gasteiger partial charge in [0.2, 0.25) is 0 Å². The Morgan fingerprint density at radius 1 is 1.23 bits per heavy atom. The van der Waals surface area contributed by atoms with Gasteiger partial charge in [-0.15, -0.1) is 0 Å². The molecule has 0 radical (unpaired) electrons. The summed E-state index contributed by atoms with van der Waals surface area (Å²) < 4.78 is 56.5. The molecule has 0 saturated heterocycles. The van der Waals surface area contributed by atoms with E-state index in [4.69, 9.17) is 39.3 Å². The van der Waals surface area contributed by atoms with E-state index in [0.717, 1.165) is 5.56 Å². The molecule has 0 aliphatic heterocycles. The van der Waals surface area contributed by atoms with Gasteiger partial charge in [0, 0.05) is 5.03 Å². The highest BCUT2D eigenvalue weighted by Crippen LogP contribution is 2.54. The summed E-state index contributed by atoms with van der Waals surface area (Å²) in [7, 11) is -4.35. The van der Waals surface area contributed by atoms with Crippen LogP contribution in [0.25, 0.3) is 5.03 Å². The molecule has 0 spiro atoms. The molecule has 1 atom stereocenters. The van der Waals surface area contributed by atoms with Crippen LogP contribution >= 0.6 is 19.2 Å². The molecular weight excluding hydrogens is 408 g/mol. The van der Waals surface area contributed by atoms with E-state index in [0.29, 0.717) is 18.2 Å². The van der Waals surface area contributed by atoms with E-state index in [1.165, 1.54) is 0 Å². The Labute approximate surface area is 160 Å². The maximum absolute atomic E-state index is 12.9. The average Bonchev–Trinajstić information content (AvgIpc) is 2.51. The van der Waals surface area contributed by atoms with Gasteiger partial charge >= 0.3 is 7.60 Å². The molecule has 8 nitrogen and oxygen atoms in total. The van der Waals surface area contributed by atoms with E-state index >= 15 is 0 Å². The maximum Gasteiger partial charge on any atom is 0.351 e. The number of likely N-dealkylation sites (N-methyl/N-ethyl adjacent to an activating group) is 1. The molecule has 11 heteroatoms. The Morgan fingerprint density at radius 2 is 1.65 bits per heavy atom. The zero-order valence-electron chi connectivity index (χ0n) is 15.0. The lowest BCUT2D eigenvalue weighted by Crippen LogP contribution is -2.58. The number of nitrogens with zero attached hydrogens (tertiary/aromatic N) is 1. The van der Waals surface area contributed by atoms with E-state index in [1.54, 1.807) is 24.8 Å². The van der Waals surface area contributed by atoms with Crippen molar-refractivity contribution in [3.63, 3.8) is 0 Å². The van der Waals surface area contributed by atoms with Crippen LogP contribution < -0.4 is 14.0 Å². The normalized spacial score (nSPS) is 14.0. The van der Waals surface area contributed by atoms with Crippen molar-refractivity contribution in [1.29, 1.82) is 0 Å². The van der Waals surface area contributed by atoms with Gasteiger partial charge in [-0.2, -0.15) is 14.0 Å². The second-order valence-electron chi connectivity index (χ2n) is 5.03. The summed E-state index contributed by atoms with van der Waals surface area (Å²) in [6.07, 6.45) is 1.73. The molecule has 0 heterocycles. The molecule has 150 valence electrons. The van der Waals surface area contributed by atoms with Crippen LogP contribution in [0.1, 0.15) is 19.4 Å². The van der Waals surface area contributed by atoms with Crippen molar-refractivity contribution in [2.24, 2.45) is 0 Å². The molecule has 1 aromatic carbocycles. The minimum Gasteiger partial charge on any atom is -0.308 e. The standard InChI is InChI=1S/C15H23ClNO3P.ClHO4/c1-5-19-21(18,20-6-2)15(17(3)4)12-14(16)13-10-8-7-9-11-13;2-1(3,4)5/h7-12,15H,5-6H2,1-4H3;(H,2,3,4,5)/b14-12-;. The van der Waals surface area contributed by atoms with Gasteiger partial charge < -0.3 is 9.05 Å². The number of hydrogen-bond donors (Lipinski definition) is 1. The van der Waals surface area contributed by atoms with Crippen LogP contribution in [0.5, 0.6) is 0 Å². The van der Waals surface area contributed by atoms with Crippen LogP contribution in [0, 0.1) is 10.2 Å². The second-order valence-corrected chi connectivity index (χ2v) is 8.35. The number of hydrogen-bond acceptors (Lipinski definition) is 8. The minimum atomic E-state index is -4.69. The van der Waals surface area contributed by atoms with Crippen molar-refractivity contribution in [3.05, 3.63) is 42.0 Å². The fourth-order valence-corrected chi connectivity index (χ4v) is 4.23. The zero-order chi connectivity index (χ0) is 20.4. The van der Waals surface area contributed by atoms with E-state index in [1.807, 2.05) is 44.4 Å². The first kappa shape index (κ1) is 25.5. The molecule has 26 heavy (non-hydrogen) atoms. The van der Waals surface area contributed by atoms with Crippen molar-refractivity contribution >= 4 is 24.2 Å². The number of rotatable bonds is 8. The molecule has 0 aromatic heterocycles. The second kappa shape index (κ2) is 12.0. The fourth-order valence-electron chi connectivity index (χ4n) is 1.90. The van der Waals surface area contributed by atoms with Gasteiger partial charge in [-0.05, 0) is 39.6 Å². The summed E-state index contributed by atoms with van der Waals surface area (Å²) in [5.41, 5.74) is 0.866. The fraction of sp³-hybridized carbons (Fsp3) is 0.467. The third-order valence-electron chi connectivity index (χ3n) is 2.82. The first-order chi connectivity index (χ1) is 11.9. The number of benzene rings is 1. The van der Waals surface area contributed by atoms with Crippen molar-refractivity contribution in [1.82, 2.24) is 4.90 Å². The van der Waals surface area contributed by atoms with E-state index in [-0.39, 0.29) is 0 Å². The predicted molar refractivity (Wildman–Crippen MR) is 90.8 cm³/mol. The summed E-state index contributed by atoms with van der Waals surface area (Å²) in [5, 5.41) is 0.522. The Morgan fingerprint density at radius 3 is 2.00 bits per heavy atom. The number of halogens is 2. The van der Waals surface area contributed by atoms with Gasteiger partial charge in [-0.3, -0.25) is 9.46 Å². The Hall–Kier alpha value is -0.510. The SMILES string of the molecule is CCOP(=O)(OCC)C(/C=C(\Cl)c1ccccc1)N(C)C.[O-][Cl+3]([O-])([O-])O. The largest absolute Gasteiger partial charge is 0.351 e. The highest BCUT2D eigenvalue weighted by molar-refractivity contribution is 7.54. The molecule has 0 bridgehead atoms. The van der Waals surface area contributed by atoms with Gasteiger partial charge in [0.15, 0.2) is 0 Å². The Kier molecular flexibility index (Phi) is 11.8. The lowest BCUT2D eigenvalue weighted by atomic mass is 10.2. The van der Waals surface area contributed by atoms with Gasteiger partial charge in [0.25, 0.3) is 0 Å². The summed E-state index contributed by atoms with van der Waals surface area (Å²) in [6.45, 7) is 4.22. The Balaban J connectivity index is 0.00000110. The van der Waals surface area contributed by atoms with Crippen LogP contribution in [0.3, 0.4) is 0 Å². The highest BCUT2D eigenvalue weighted by Gasteiger charge is 2.36. The highest BCUT2D eigenvalue weighted by atomic mass is 35.7. The summed E-state index contributed by atoms with van der Waals surface area (Å²) >= 11 is 6.35. The quantitative estimate of drug-likeness (QED) is 0.581. The van der Waals surface area contributed by atoms with Gasteiger partial charge in [-0.1, -0.05) is 41.9 Å². The molecule has 0 saturated carbocycles. The average molecular weight is 432 g/mol. The molecule has 0 fully saturated rings. The molecule has 1 aromatic rings. The van der Waals surface area contributed by atoms with Crippen molar-refractivity contribution in [2.45, 2.75) is 19.6 Å². The maximum atomic E-state index is 12.9. The van der Waals surface area contributed by atoms with E-state index in [2.05, 4.69) is 0 Å². The third-order valence-corrected chi connectivity index (χ3v) is 5.66. The van der Waals surface area contributed by atoms with Crippen molar-refractivity contribution in [2.75, 3.05) is 27.3 Å². The molecular formula is C15H24Cl2NO7P. The summed E-state index contributed by atoms with van der Waals surface area (Å²) in [6, 6.07) is 9.53. The van der Waals surface area contributed by atoms with Crippen LogP contribution in [-0.2, 0) is 13.6 Å². The lowest BCUT2D eigenvalue weighted by molar-refractivity contribution is -1.92. The first-order valence-corrected chi connectivity index (χ1v) is 10.8. The third kappa shape index (κ3) is 10.6. The molecule has 1 rings (SSSR count). The molecule has 1 unspecified atom stereocenters. The minimum absolute atomic E-state index is 0.318. The van der Waals surface area contributed by atoms with E-state index in [9.17, 15) is 4.57 Å². The van der Waals surface area contributed by atoms with Gasteiger partial charge in [-0.25, -0.2) is 0 Å². The van der Waals surface area contributed by atoms with Crippen LogP contribution in [0.15, 0.2) is 36.4 Å². The van der Waals surface area contributed by atoms with Crippen LogP contribution in [0.4, 0.5) is 0 Å². The predicted octanol–water partition coefficient (Wildman–Crippen LogP) is 0.296. The molecule has 0 aliphatic rings. The smallest absolute Gasteiger partial charge is 0.308 e. The van der Waals surface area contributed by atoms with Crippen molar-refractivity contribution < 1.29 is 42.5 Å². The molecule has 0 aliphatic carbocycles. The van der Waals surface area contributed by atoms with Crippen molar-refractivity contribution in [3.8, 4) is 0 Å². The van der Waals surface area contributed by atoms with E-state index < -0.39 is 23.6 Å². The first-order valence-electron chi connectivity index (χ1n) is 7.55.